The first-order chi connectivity index (χ1) is 17.4. The molecule has 1 saturated heterocycles. The Kier molecular flexibility index (Phi) is 8.71. The van der Waals surface area contributed by atoms with Crippen LogP contribution in [-0.4, -0.2) is 62.3 Å². The van der Waals surface area contributed by atoms with Crippen LogP contribution in [0.15, 0.2) is 52.0 Å². The van der Waals surface area contributed by atoms with Gasteiger partial charge in [-0.2, -0.15) is 0 Å². The molecule has 36 heavy (non-hydrogen) atoms. The average molecular weight is 512 g/mol. The van der Waals surface area contributed by atoms with Crippen molar-refractivity contribution in [2.45, 2.75) is 37.4 Å². The molecule has 0 unspecified atom stereocenters. The molecule has 0 radical (unpaired) electrons. The number of thioether (sulfide) groups is 1. The summed E-state index contributed by atoms with van der Waals surface area (Å²) in [5, 5.41) is 3.49. The summed E-state index contributed by atoms with van der Waals surface area (Å²) >= 11 is 1.48. The van der Waals surface area contributed by atoms with Gasteiger partial charge in [0.2, 0.25) is 0 Å². The maximum atomic E-state index is 12.2. The van der Waals surface area contributed by atoms with Gasteiger partial charge in [0.05, 0.1) is 25.2 Å². The zero-order chi connectivity index (χ0) is 25.5. The second kappa shape index (κ2) is 12.1. The Balaban J connectivity index is 1.40. The van der Waals surface area contributed by atoms with Crippen molar-refractivity contribution in [1.82, 2.24) is 15.3 Å². The van der Waals surface area contributed by atoms with Gasteiger partial charge in [-0.3, -0.25) is 4.79 Å². The summed E-state index contributed by atoms with van der Waals surface area (Å²) in [6.45, 7) is 7.74. The van der Waals surface area contributed by atoms with Crippen LogP contribution in [0.25, 0.3) is 0 Å². The highest BCUT2D eigenvalue weighted by Gasteiger charge is 2.20. The predicted octanol–water partition coefficient (Wildman–Crippen LogP) is 3.98. The third kappa shape index (κ3) is 6.70. The summed E-state index contributed by atoms with van der Waals surface area (Å²) in [5.41, 5.74) is 2.02. The highest BCUT2D eigenvalue weighted by molar-refractivity contribution is 7.98. The number of hydrogen-bond acceptors (Lipinski definition) is 9. The molecule has 1 N–H and O–H groups in total. The quantitative estimate of drug-likeness (QED) is 0.320. The molecule has 4 rings (SSSR count). The van der Waals surface area contributed by atoms with E-state index in [1.54, 1.807) is 20.3 Å². The van der Waals surface area contributed by atoms with Crippen LogP contribution in [0, 0.1) is 0 Å². The third-order valence-corrected chi connectivity index (χ3v) is 6.60. The topological polar surface area (TPSA) is 93.0 Å². The first kappa shape index (κ1) is 25.8. The second-order valence-electron chi connectivity index (χ2n) is 8.79. The number of ether oxygens (including phenoxy) is 2. The molecule has 1 aliphatic heterocycles. The Morgan fingerprint density at radius 3 is 2.44 bits per heavy atom. The molecule has 9 nitrogen and oxygen atoms in total. The molecule has 192 valence electrons. The van der Waals surface area contributed by atoms with E-state index in [0.717, 1.165) is 43.4 Å². The highest BCUT2D eigenvalue weighted by atomic mass is 32.2. The Labute approximate surface area is 216 Å². The molecular formula is C26H33N5O4S. The number of carbonyl (C=O) groups excluding carboxylic acids is 1. The van der Waals surface area contributed by atoms with Crippen molar-refractivity contribution in [1.29, 1.82) is 0 Å². The Hall–Kier alpha value is -3.24. The minimum Gasteiger partial charge on any atom is -0.497 e. The molecular weight excluding hydrogens is 478 g/mol. The lowest BCUT2D eigenvalue weighted by Gasteiger charge is -2.37. The van der Waals surface area contributed by atoms with E-state index >= 15 is 0 Å². The number of furan rings is 1. The van der Waals surface area contributed by atoms with Gasteiger partial charge < -0.3 is 29.0 Å². The molecule has 10 heteroatoms. The van der Waals surface area contributed by atoms with Crippen LogP contribution in [-0.2, 0) is 17.1 Å². The van der Waals surface area contributed by atoms with Gasteiger partial charge in [-0.15, -0.1) is 0 Å². The number of piperazine rings is 1. The van der Waals surface area contributed by atoms with E-state index in [2.05, 4.69) is 32.2 Å². The number of aromatic nitrogens is 2. The van der Waals surface area contributed by atoms with Crippen LogP contribution in [0.4, 0.5) is 11.5 Å². The Morgan fingerprint density at radius 1 is 1.06 bits per heavy atom. The van der Waals surface area contributed by atoms with E-state index in [4.69, 9.17) is 18.9 Å². The summed E-state index contributed by atoms with van der Waals surface area (Å²) < 4.78 is 16.3. The predicted molar refractivity (Wildman–Crippen MR) is 141 cm³/mol. The number of methoxy groups -OCH3 is 2. The first-order valence-electron chi connectivity index (χ1n) is 12.0. The minimum atomic E-state index is -0.212. The molecule has 1 amide bonds. The van der Waals surface area contributed by atoms with E-state index in [0.29, 0.717) is 29.0 Å². The van der Waals surface area contributed by atoms with Gasteiger partial charge in [0.15, 0.2) is 10.9 Å². The lowest BCUT2D eigenvalue weighted by molar-refractivity contribution is 0.0913. The monoisotopic (exact) mass is 511 g/mol. The maximum absolute atomic E-state index is 12.2. The smallest absolute Gasteiger partial charge is 0.287 e. The fourth-order valence-corrected chi connectivity index (χ4v) is 4.71. The normalized spacial score (nSPS) is 13.8. The van der Waals surface area contributed by atoms with Crippen molar-refractivity contribution in [3.05, 3.63) is 59.7 Å². The number of hydrogen-bond donors (Lipinski definition) is 1. The minimum absolute atomic E-state index is 0.0499. The summed E-state index contributed by atoms with van der Waals surface area (Å²) in [6.07, 6.45) is 0. The second-order valence-corrected chi connectivity index (χ2v) is 9.73. The summed E-state index contributed by atoms with van der Waals surface area (Å²) in [4.78, 5) is 26.3. The molecule has 0 aliphatic carbocycles. The fourth-order valence-electron chi connectivity index (χ4n) is 3.94. The van der Waals surface area contributed by atoms with Crippen LogP contribution in [0.2, 0.25) is 0 Å². The van der Waals surface area contributed by atoms with Gasteiger partial charge in [0.25, 0.3) is 5.91 Å². The molecule has 0 atom stereocenters. The number of nitrogens with one attached hydrogen (secondary N) is 1. The van der Waals surface area contributed by atoms with Crippen LogP contribution in [0.1, 0.15) is 35.9 Å². The van der Waals surface area contributed by atoms with Crippen molar-refractivity contribution in [2.75, 3.05) is 50.2 Å². The maximum Gasteiger partial charge on any atom is 0.287 e. The average Bonchev–Trinajstić information content (AvgIpc) is 3.37. The van der Waals surface area contributed by atoms with Gasteiger partial charge in [-0.25, -0.2) is 9.97 Å². The van der Waals surface area contributed by atoms with Crippen LogP contribution in [0.3, 0.4) is 0 Å². The molecule has 2 aromatic heterocycles. The van der Waals surface area contributed by atoms with Gasteiger partial charge in [0, 0.05) is 51.1 Å². The number of amides is 1. The van der Waals surface area contributed by atoms with Crippen LogP contribution in [0.5, 0.6) is 5.75 Å². The molecule has 3 heterocycles. The SMILES string of the molecule is COCc1cc(N2CCN(c3ccc(OC)cc3)CC2)nc(SCc2ccc(C(=O)NC(C)C)o2)n1. The van der Waals surface area contributed by atoms with Crippen molar-refractivity contribution in [3.8, 4) is 5.75 Å². The van der Waals surface area contributed by atoms with Gasteiger partial charge in [-0.1, -0.05) is 11.8 Å². The van der Waals surface area contributed by atoms with Gasteiger partial charge >= 0.3 is 0 Å². The molecule has 0 spiro atoms. The summed E-state index contributed by atoms with van der Waals surface area (Å²) in [7, 11) is 3.34. The zero-order valence-corrected chi connectivity index (χ0v) is 22.0. The van der Waals surface area contributed by atoms with E-state index in [9.17, 15) is 4.79 Å². The van der Waals surface area contributed by atoms with Gasteiger partial charge in [-0.05, 0) is 50.2 Å². The molecule has 1 aromatic carbocycles. The lowest BCUT2D eigenvalue weighted by Crippen LogP contribution is -2.46. The zero-order valence-electron chi connectivity index (χ0n) is 21.2. The summed E-state index contributed by atoms with van der Waals surface area (Å²) in [5.74, 6) is 3.07. The van der Waals surface area contributed by atoms with E-state index in [-0.39, 0.29) is 11.9 Å². The van der Waals surface area contributed by atoms with E-state index < -0.39 is 0 Å². The molecule has 3 aromatic rings. The number of benzene rings is 1. The van der Waals surface area contributed by atoms with Gasteiger partial charge in [0.1, 0.15) is 17.3 Å². The molecule has 1 aliphatic rings. The number of anilines is 2. The number of rotatable bonds is 10. The fraction of sp³-hybridized carbons (Fsp3) is 0.423. The summed E-state index contributed by atoms with van der Waals surface area (Å²) in [6, 6.07) is 13.7. The molecule has 1 fully saturated rings. The van der Waals surface area contributed by atoms with Crippen LogP contribution >= 0.6 is 11.8 Å². The highest BCUT2D eigenvalue weighted by Crippen LogP contribution is 2.26. The molecule has 0 bridgehead atoms. The van der Waals surface area contributed by atoms with E-state index in [1.807, 2.05) is 38.1 Å². The Morgan fingerprint density at radius 2 is 1.78 bits per heavy atom. The Bertz CT molecular complexity index is 1140. The van der Waals surface area contributed by atoms with E-state index in [1.165, 1.54) is 17.4 Å². The molecule has 0 saturated carbocycles. The number of carbonyl (C=O) groups is 1. The van der Waals surface area contributed by atoms with Crippen molar-refractivity contribution < 1.29 is 18.7 Å². The van der Waals surface area contributed by atoms with Crippen LogP contribution < -0.4 is 19.9 Å². The van der Waals surface area contributed by atoms with Crippen molar-refractivity contribution >= 4 is 29.2 Å². The first-order valence-corrected chi connectivity index (χ1v) is 13.0. The standard InChI is InChI=1S/C26H33N5O4S/c1-18(2)27-25(32)23-10-9-22(35-23)17-36-26-28-19(16-33-3)15-24(29-26)31-13-11-30(12-14-31)20-5-7-21(34-4)8-6-20/h5-10,15,18H,11-14,16-17H2,1-4H3,(H,27,32). The van der Waals surface area contributed by atoms with Crippen molar-refractivity contribution in [2.24, 2.45) is 0 Å². The largest absolute Gasteiger partial charge is 0.497 e. The number of nitrogens with zero attached hydrogens (tertiary/aromatic N) is 4. The lowest BCUT2D eigenvalue weighted by atomic mass is 10.2. The third-order valence-electron chi connectivity index (χ3n) is 5.73. The van der Waals surface area contributed by atoms with Crippen molar-refractivity contribution in [3.63, 3.8) is 0 Å².